The molecule has 1 heterocycles. The van der Waals surface area contributed by atoms with Crippen molar-refractivity contribution in [1.82, 2.24) is 5.32 Å². The summed E-state index contributed by atoms with van der Waals surface area (Å²) in [6.45, 7) is -0.375. The summed E-state index contributed by atoms with van der Waals surface area (Å²) < 4.78 is 18.4. The molecule has 4 rings (SSSR count). The Morgan fingerprint density at radius 2 is 1.84 bits per heavy atom. The van der Waals surface area contributed by atoms with Crippen molar-refractivity contribution in [3.8, 4) is 5.75 Å². The van der Waals surface area contributed by atoms with Crippen LogP contribution in [0.1, 0.15) is 15.9 Å². The highest BCUT2D eigenvalue weighted by Gasteiger charge is 2.34. The number of ether oxygens (including phenoxy) is 1. The SMILES string of the molecule is O=C(COc1ccc(C=C2C(=O)NC(=S)N(c3cccc(C(=O)O)c3)C2=O)cc1Cl)Nc1ccc(F)cc1. The fourth-order valence-corrected chi connectivity index (χ4v) is 3.96. The van der Waals surface area contributed by atoms with Crippen LogP contribution in [0.3, 0.4) is 0 Å². The third kappa shape index (κ3) is 6.02. The van der Waals surface area contributed by atoms with E-state index in [1.54, 1.807) is 0 Å². The molecule has 0 atom stereocenters. The fourth-order valence-electron chi connectivity index (χ4n) is 3.43. The molecule has 3 amide bonds. The third-order valence-electron chi connectivity index (χ3n) is 5.21. The molecule has 9 nitrogen and oxygen atoms in total. The molecule has 1 saturated heterocycles. The number of carbonyl (C=O) groups excluding carboxylic acids is 3. The molecule has 0 bridgehead atoms. The van der Waals surface area contributed by atoms with Crippen LogP contribution < -0.4 is 20.3 Å². The quantitative estimate of drug-likeness (QED) is 0.229. The van der Waals surface area contributed by atoms with E-state index < -0.39 is 29.5 Å². The summed E-state index contributed by atoms with van der Waals surface area (Å²) in [7, 11) is 0. The lowest BCUT2D eigenvalue weighted by molar-refractivity contribution is -0.122. The molecule has 1 aliphatic heterocycles. The largest absolute Gasteiger partial charge is 0.482 e. The molecule has 3 N–H and O–H groups in total. The van der Waals surface area contributed by atoms with Gasteiger partial charge < -0.3 is 15.2 Å². The number of thiocarbonyl (C=S) groups is 1. The zero-order valence-corrected chi connectivity index (χ0v) is 20.8. The van der Waals surface area contributed by atoms with E-state index in [2.05, 4.69) is 10.6 Å². The number of halogens is 2. The van der Waals surface area contributed by atoms with Gasteiger partial charge in [0.05, 0.1) is 16.3 Å². The van der Waals surface area contributed by atoms with Crippen LogP contribution in [0, 0.1) is 5.82 Å². The van der Waals surface area contributed by atoms with E-state index in [0.717, 1.165) is 4.90 Å². The molecule has 0 radical (unpaired) electrons. The van der Waals surface area contributed by atoms with Gasteiger partial charge in [0.2, 0.25) is 0 Å². The molecule has 0 unspecified atom stereocenters. The van der Waals surface area contributed by atoms with Gasteiger partial charge in [-0.2, -0.15) is 0 Å². The van der Waals surface area contributed by atoms with Crippen LogP contribution >= 0.6 is 23.8 Å². The van der Waals surface area contributed by atoms with Gasteiger partial charge in [0.15, 0.2) is 11.7 Å². The molecule has 0 saturated carbocycles. The standard InChI is InChI=1S/C26H17ClFN3O6S/c27-20-11-14(4-9-21(20)37-13-22(32)29-17-7-5-16(28)6-8-17)10-19-23(33)30-26(38)31(24(19)34)18-3-1-2-15(12-18)25(35)36/h1-12H,13H2,(H,29,32)(H,35,36)(H,30,33,38). The number of aromatic carboxylic acids is 1. The van der Waals surface area contributed by atoms with E-state index in [9.17, 15) is 28.7 Å². The van der Waals surface area contributed by atoms with Crippen molar-refractivity contribution >= 4 is 70.1 Å². The van der Waals surface area contributed by atoms with Crippen LogP contribution in [0.5, 0.6) is 5.75 Å². The lowest BCUT2D eigenvalue weighted by atomic mass is 10.1. The summed E-state index contributed by atoms with van der Waals surface area (Å²) in [4.78, 5) is 50.2. The maximum absolute atomic E-state index is 13.2. The third-order valence-corrected chi connectivity index (χ3v) is 5.79. The van der Waals surface area contributed by atoms with Gasteiger partial charge >= 0.3 is 5.97 Å². The summed E-state index contributed by atoms with van der Waals surface area (Å²) >= 11 is 11.4. The Labute approximate surface area is 225 Å². The average molecular weight is 554 g/mol. The number of nitrogens with zero attached hydrogens (tertiary/aromatic N) is 1. The molecular formula is C26H17ClFN3O6S. The van der Waals surface area contributed by atoms with Gasteiger partial charge in [0.25, 0.3) is 17.7 Å². The maximum atomic E-state index is 13.2. The predicted molar refractivity (Wildman–Crippen MR) is 142 cm³/mol. The monoisotopic (exact) mass is 553 g/mol. The summed E-state index contributed by atoms with van der Waals surface area (Å²) in [5.41, 5.74) is 0.624. The van der Waals surface area contributed by atoms with Crippen LogP contribution in [-0.2, 0) is 14.4 Å². The van der Waals surface area contributed by atoms with E-state index in [-0.39, 0.29) is 39.3 Å². The van der Waals surface area contributed by atoms with Crippen molar-refractivity contribution in [3.05, 3.63) is 94.3 Å². The minimum Gasteiger partial charge on any atom is -0.482 e. The maximum Gasteiger partial charge on any atom is 0.335 e. The van der Waals surface area contributed by atoms with Crippen molar-refractivity contribution in [2.24, 2.45) is 0 Å². The average Bonchev–Trinajstić information content (AvgIpc) is 2.87. The van der Waals surface area contributed by atoms with E-state index in [4.69, 9.17) is 28.6 Å². The van der Waals surface area contributed by atoms with Crippen LogP contribution in [0.2, 0.25) is 5.02 Å². The van der Waals surface area contributed by atoms with Gasteiger partial charge in [-0.25, -0.2) is 9.18 Å². The van der Waals surface area contributed by atoms with Gasteiger partial charge in [0, 0.05) is 5.69 Å². The normalized spacial score (nSPS) is 14.3. The molecule has 0 spiro atoms. The topological polar surface area (TPSA) is 125 Å². The molecule has 12 heteroatoms. The molecule has 192 valence electrons. The highest BCUT2D eigenvalue weighted by atomic mass is 35.5. The Hall–Kier alpha value is -4.61. The smallest absolute Gasteiger partial charge is 0.335 e. The number of hydrogen-bond donors (Lipinski definition) is 3. The van der Waals surface area contributed by atoms with E-state index in [1.165, 1.54) is 72.8 Å². The second-order valence-electron chi connectivity index (χ2n) is 7.85. The number of nitrogens with one attached hydrogen (secondary N) is 2. The molecule has 0 aliphatic carbocycles. The molecule has 3 aromatic rings. The Morgan fingerprint density at radius 3 is 2.53 bits per heavy atom. The summed E-state index contributed by atoms with van der Waals surface area (Å²) in [6, 6.07) is 15.2. The van der Waals surface area contributed by atoms with Gasteiger partial charge in [-0.3, -0.25) is 24.6 Å². The van der Waals surface area contributed by atoms with Gasteiger partial charge in [-0.1, -0.05) is 23.7 Å². The zero-order valence-electron chi connectivity index (χ0n) is 19.2. The minimum atomic E-state index is -1.19. The van der Waals surface area contributed by atoms with Gasteiger partial charge in [-0.15, -0.1) is 0 Å². The zero-order chi connectivity index (χ0) is 27.4. The van der Waals surface area contributed by atoms with E-state index >= 15 is 0 Å². The van der Waals surface area contributed by atoms with Crippen molar-refractivity contribution in [3.63, 3.8) is 0 Å². The van der Waals surface area contributed by atoms with Gasteiger partial charge in [0.1, 0.15) is 17.1 Å². The molecule has 38 heavy (non-hydrogen) atoms. The number of benzene rings is 3. The summed E-state index contributed by atoms with van der Waals surface area (Å²) in [6.07, 6.45) is 1.30. The second kappa shape index (κ2) is 11.2. The first-order valence-corrected chi connectivity index (χ1v) is 11.6. The summed E-state index contributed by atoms with van der Waals surface area (Å²) in [5.74, 6) is -3.43. The minimum absolute atomic E-state index is 0.0609. The first kappa shape index (κ1) is 26.5. The Bertz CT molecular complexity index is 1510. The van der Waals surface area contributed by atoms with Crippen LogP contribution in [0.4, 0.5) is 15.8 Å². The first-order valence-electron chi connectivity index (χ1n) is 10.8. The van der Waals surface area contributed by atoms with Crippen molar-refractivity contribution in [2.45, 2.75) is 0 Å². The fraction of sp³-hybridized carbons (Fsp3) is 0.0385. The number of carboxylic acid groups (broad SMARTS) is 1. The molecule has 0 aromatic heterocycles. The lowest BCUT2D eigenvalue weighted by Gasteiger charge is -2.29. The number of carboxylic acids is 1. The Balaban J connectivity index is 1.49. The van der Waals surface area contributed by atoms with Crippen LogP contribution in [-0.4, -0.2) is 40.5 Å². The number of carbonyl (C=O) groups is 4. The lowest BCUT2D eigenvalue weighted by Crippen LogP contribution is -2.54. The number of anilines is 2. The number of amides is 3. The Morgan fingerprint density at radius 1 is 1.11 bits per heavy atom. The number of rotatable bonds is 7. The van der Waals surface area contributed by atoms with Crippen molar-refractivity contribution in [1.29, 1.82) is 0 Å². The Kier molecular flexibility index (Phi) is 7.79. The van der Waals surface area contributed by atoms with E-state index in [0.29, 0.717) is 11.3 Å². The molecular weight excluding hydrogens is 537 g/mol. The van der Waals surface area contributed by atoms with Crippen LogP contribution in [0.15, 0.2) is 72.3 Å². The van der Waals surface area contributed by atoms with E-state index in [1.807, 2.05) is 0 Å². The summed E-state index contributed by atoms with van der Waals surface area (Å²) in [5, 5.41) is 14.1. The van der Waals surface area contributed by atoms with Crippen molar-refractivity contribution < 1.29 is 33.4 Å². The second-order valence-corrected chi connectivity index (χ2v) is 8.64. The molecule has 1 aliphatic rings. The van der Waals surface area contributed by atoms with Crippen LogP contribution in [0.25, 0.3) is 6.08 Å². The molecule has 3 aromatic carbocycles. The first-order chi connectivity index (χ1) is 18.1. The van der Waals surface area contributed by atoms with Gasteiger partial charge in [-0.05, 0) is 78.5 Å². The predicted octanol–water partition coefficient (Wildman–Crippen LogP) is 4.03. The highest BCUT2D eigenvalue weighted by molar-refractivity contribution is 7.80. The molecule has 1 fully saturated rings. The van der Waals surface area contributed by atoms with Crippen molar-refractivity contribution in [2.75, 3.05) is 16.8 Å². The number of hydrogen-bond acceptors (Lipinski definition) is 6. The highest BCUT2D eigenvalue weighted by Crippen LogP contribution is 2.28.